The molecule has 0 aromatic carbocycles. The second-order valence-corrected chi connectivity index (χ2v) is 7.39. The van der Waals surface area contributed by atoms with Crippen LogP contribution in [-0.2, 0) is 9.59 Å². The van der Waals surface area contributed by atoms with Crippen LogP contribution in [-0.4, -0.2) is 82.1 Å². The average molecular weight is 347 g/mol. The molecule has 2 fully saturated rings. The van der Waals surface area contributed by atoms with E-state index in [4.69, 9.17) is 0 Å². The molecule has 2 aliphatic rings. The molecular formula is C18H29N5O2. The largest absolute Gasteiger partial charge is 0.341 e. The summed E-state index contributed by atoms with van der Waals surface area (Å²) in [5.41, 5.74) is 2.23. The molecule has 0 N–H and O–H groups in total. The number of likely N-dealkylation sites (N-methyl/N-ethyl adjacent to an activating group) is 1. The van der Waals surface area contributed by atoms with Crippen molar-refractivity contribution in [3.05, 3.63) is 17.5 Å². The van der Waals surface area contributed by atoms with Gasteiger partial charge in [-0.2, -0.15) is 5.10 Å². The van der Waals surface area contributed by atoms with Crippen molar-refractivity contribution in [1.29, 1.82) is 0 Å². The lowest BCUT2D eigenvalue weighted by Gasteiger charge is -2.41. The van der Waals surface area contributed by atoms with E-state index in [1.807, 2.05) is 18.9 Å². The van der Waals surface area contributed by atoms with E-state index in [0.717, 1.165) is 38.2 Å². The van der Waals surface area contributed by atoms with Crippen molar-refractivity contribution < 1.29 is 9.59 Å². The van der Waals surface area contributed by atoms with Crippen molar-refractivity contribution in [1.82, 2.24) is 24.5 Å². The Morgan fingerprint density at radius 1 is 1.08 bits per heavy atom. The first kappa shape index (κ1) is 17.9. The molecule has 1 aromatic rings. The topological polar surface area (TPSA) is 61.7 Å². The highest BCUT2D eigenvalue weighted by molar-refractivity contribution is 5.83. The number of aryl methyl sites for hydroxylation is 2. The molecule has 2 aliphatic heterocycles. The quantitative estimate of drug-likeness (QED) is 0.795. The first-order chi connectivity index (χ1) is 11.9. The molecule has 2 amide bonds. The van der Waals surface area contributed by atoms with Crippen molar-refractivity contribution in [3.63, 3.8) is 0 Å². The predicted octanol–water partition coefficient (Wildman–Crippen LogP) is 0.826. The number of hydrogen-bond donors (Lipinski definition) is 0. The van der Waals surface area contributed by atoms with Crippen molar-refractivity contribution >= 4 is 11.8 Å². The monoisotopic (exact) mass is 347 g/mol. The third-order valence-corrected chi connectivity index (χ3v) is 5.55. The summed E-state index contributed by atoms with van der Waals surface area (Å²) in [6.45, 7) is 9.15. The molecule has 0 spiro atoms. The second-order valence-electron chi connectivity index (χ2n) is 7.39. The highest BCUT2D eigenvalue weighted by Gasteiger charge is 2.35. The van der Waals surface area contributed by atoms with Crippen LogP contribution < -0.4 is 0 Å². The molecular weight excluding hydrogens is 318 g/mol. The summed E-state index contributed by atoms with van der Waals surface area (Å²) in [5.74, 6) is 0.203. The number of piperazine rings is 1. The molecule has 0 unspecified atom stereocenters. The number of rotatable bonds is 2. The second kappa shape index (κ2) is 7.15. The fourth-order valence-corrected chi connectivity index (χ4v) is 3.98. The zero-order valence-electron chi connectivity index (χ0n) is 15.7. The number of nitrogens with zero attached hydrogens (tertiary/aromatic N) is 5. The zero-order chi connectivity index (χ0) is 18.1. The number of amides is 2. The summed E-state index contributed by atoms with van der Waals surface area (Å²) < 4.78 is 2.11. The summed E-state index contributed by atoms with van der Waals surface area (Å²) in [4.78, 5) is 30.5. The lowest BCUT2D eigenvalue weighted by molar-refractivity contribution is -0.143. The van der Waals surface area contributed by atoms with Crippen LogP contribution in [0.1, 0.15) is 37.2 Å². The lowest BCUT2D eigenvalue weighted by atomic mass is 10.0. The molecule has 138 valence electrons. The molecule has 2 saturated heterocycles. The summed E-state index contributed by atoms with van der Waals surface area (Å²) in [5, 5.41) is 4.60. The SMILES string of the molecule is CC(=O)N1CCN(C)[C@@H](C(=O)N2CCC(n3nc(C)cc3C)CC2)C1. The van der Waals surface area contributed by atoms with Gasteiger partial charge < -0.3 is 9.80 Å². The number of hydrogen-bond acceptors (Lipinski definition) is 4. The van der Waals surface area contributed by atoms with Crippen LogP contribution >= 0.6 is 0 Å². The van der Waals surface area contributed by atoms with Gasteiger partial charge in [0.2, 0.25) is 11.8 Å². The van der Waals surface area contributed by atoms with Crippen molar-refractivity contribution in [2.24, 2.45) is 0 Å². The zero-order valence-corrected chi connectivity index (χ0v) is 15.7. The van der Waals surface area contributed by atoms with Gasteiger partial charge in [0.05, 0.1) is 11.7 Å². The van der Waals surface area contributed by atoms with Crippen molar-refractivity contribution in [3.8, 4) is 0 Å². The van der Waals surface area contributed by atoms with E-state index < -0.39 is 0 Å². The number of carbonyl (C=O) groups excluding carboxylic acids is 2. The molecule has 0 aliphatic carbocycles. The van der Waals surface area contributed by atoms with Gasteiger partial charge >= 0.3 is 0 Å². The van der Waals surface area contributed by atoms with Crippen LogP contribution in [0.4, 0.5) is 0 Å². The Kier molecular flexibility index (Phi) is 5.13. The maximum absolute atomic E-state index is 13.0. The molecule has 0 radical (unpaired) electrons. The van der Waals surface area contributed by atoms with Crippen LogP contribution in [0.2, 0.25) is 0 Å². The molecule has 1 aromatic heterocycles. The number of carbonyl (C=O) groups is 2. The van der Waals surface area contributed by atoms with Gasteiger partial charge in [0.15, 0.2) is 0 Å². The third kappa shape index (κ3) is 3.71. The Morgan fingerprint density at radius 3 is 2.32 bits per heavy atom. The predicted molar refractivity (Wildman–Crippen MR) is 95.2 cm³/mol. The number of piperidine rings is 1. The van der Waals surface area contributed by atoms with Gasteiger partial charge in [-0.15, -0.1) is 0 Å². The Labute approximate surface area is 149 Å². The fraction of sp³-hybridized carbons (Fsp3) is 0.722. The maximum Gasteiger partial charge on any atom is 0.241 e. The molecule has 7 heteroatoms. The molecule has 0 saturated carbocycles. The van der Waals surface area contributed by atoms with Crippen LogP contribution in [0, 0.1) is 13.8 Å². The van der Waals surface area contributed by atoms with Crippen LogP contribution in [0.15, 0.2) is 6.07 Å². The van der Waals surface area contributed by atoms with Gasteiger partial charge in [-0.1, -0.05) is 0 Å². The first-order valence-corrected chi connectivity index (χ1v) is 9.14. The fourth-order valence-electron chi connectivity index (χ4n) is 3.98. The van der Waals surface area contributed by atoms with Gasteiger partial charge in [-0.25, -0.2) is 0 Å². The van der Waals surface area contributed by atoms with E-state index in [1.165, 1.54) is 5.69 Å². The van der Waals surface area contributed by atoms with E-state index >= 15 is 0 Å². The van der Waals surface area contributed by atoms with Gasteiger partial charge in [0, 0.05) is 45.3 Å². The summed E-state index contributed by atoms with van der Waals surface area (Å²) in [6, 6.07) is 2.25. The van der Waals surface area contributed by atoms with Gasteiger partial charge in [-0.05, 0) is 39.8 Å². The standard InChI is InChI=1S/C18H29N5O2/c1-13-11-14(2)23(19-13)16-5-7-21(8-6-16)18(25)17-12-22(15(3)24)10-9-20(17)4/h11,16-17H,5-10,12H2,1-4H3/t17-/m1/s1. The summed E-state index contributed by atoms with van der Waals surface area (Å²) in [7, 11) is 1.97. The summed E-state index contributed by atoms with van der Waals surface area (Å²) in [6.07, 6.45) is 1.86. The van der Waals surface area contributed by atoms with Crippen LogP contribution in [0.3, 0.4) is 0 Å². The van der Waals surface area contributed by atoms with E-state index in [9.17, 15) is 9.59 Å². The molecule has 3 rings (SSSR count). The lowest BCUT2D eigenvalue weighted by Crippen LogP contribution is -2.59. The summed E-state index contributed by atoms with van der Waals surface area (Å²) >= 11 is 0. The first-order valence-electron chi connectivity index (χ1n) is 9.14. The van der Waals surface area contributed by atoms with Gasteiger partial charge in [0.1, 0.15) is 6.04 Å². The van der Waals surface area contributed by atoms with E-state index in [0.29, 0.717) is 19.1 Å². The Balaban J connectivity index is 1.61. The molecule has 7 nitrogen and oxygen atoms in total. The van der Waals surface area contributed by atoms with E-state index in [1.54, 1.807) is 11.8 Å². The van der Waals surface area contributed by atoms with Gasteiger partial charge in [-0.3, -0.25) is 19.2 Å². The average Bonchev–Trinajstić information content (AvgIpc) is 2.93. The highest BCUT2D eigenvalue weighted by atomic mass is 16.2. The molecule has 0 bridgehead atoms. The minimum atomic E-state index is -0.220. The van der Waals surface area contributed by atoms with Crippen LogP contribution in [0.25, 0.3) is 0 Å². The Hall–Kier alpha value is -1.89. The Bertz CT molecular complexity index is 648. The molecule has 1 atom stereocenters. The molecule has 25 heavy (non-hydrogen) atoms. The number of aromatic nitrogens is 2. The highest BCUT2D eigenvalue weighted by Crippen LogP contribution is 2.25. The number of likely N-dealkylation sites (tertiary alicyclic amines) is 1. The minimum Gasteiger partial charge on any atom is -0.341 e. The normalized spacial score (nSPS) is 23.1. The smallest absolute Gasteiger partial charge is 0.241 e. The maximum atomic E-state index is 13.0. The molecule has 3 heterocycles. The van der Waals surface area contributed by atoms with Crippen molar-refractivity contribution in [2.45, 2.75) is 45.7 Å². The van der Waals surface area contributed by atoms with Crippen LogP contribution in [0.5, 0.6) is 0 Å². The Morgan fingerprint density at radius 2 is 1.76 bits per heavy atom. The van der Waals surface area contributed by atoms with E-state index in [2.05, 4.69) is 27.7 Å². The van der Waals surface area contributed by atoms with Crippen molar-refractivity contribution in [2.75, 3.05) is 39.8 Å². The minimum absolute atomic E-state index is 0.0501. The van der Waals surface area contributed by atoms with E-state index in [-0.39, 0.29) is 17.9 Å². The van der Waals surface area contributed by atoms with Gasteiger partial charge in [0.25, 0.3) is 0 Å². The third-order valence-electron chi connectivity index (χ3n) is 5.55.